The maximum atomic E-state index is 12.0. The summed E-state index contributed by atoms with van der Waals surface area (Å²) in [5.41, 5.74) is 0.117. The van der Waals surface area contributed by atoms with Gasteiger partial charge >= 0.3 is 16.2 Å². The van der Waals surface area contributed by atoms with Crippen LogP contribution in [0.2, 0.25) is 0 Å². The van der Waals surface area contributed by atoms with Crippen LogP contribution in [-0.2, 0) is 14.9 Å². The number of aromatic carboxylic acids is 1. The second kappa shape index (κ2) is 11.4. The summed E-state index contributed by atoms with van der Waals surface area (Å²) in [6.45, 7) is 7.19. The predicted molar refractivity (Wildman–Crippen MR) is 127 cm³/mol. The third kappa shape index (κ3) is 7.00. The Morgan fingerprint density at radius 3 is 2.48 bits per heavy atom. The fourth-order valence-corrected chi connectivity index (χ4v) is 4.82. The van der Waals surface area contributed by atoms with Crippen LogP contribution in [0.4, 0.5) is 11.5 Å². The fourth-order valence-electron chi connectivity index (χ4n) is 4.23. The van der Waals surface area contributed by atoms with E-state index in [-0.39, 0.29) is 11.3 Å². The number of hydrogen-bond donors (Lipinski definition) is 2. The summed E-state index contributed by atoms with van der Waals surface area (Å²) in [6.07, 6.45) is 4.33. The number of anilines is 2. The molecule has 11 nitrogen and oxygen atoms in total. The first-order valence-electron chi connectivity index (χ1n) is 11.4. The number of carboxylic acids is 1. The van der Waals surface area contributed by atoms with Gasteiger partial charge in [0.15, 0.2) is 0 Å². The predicted octanol–water partition coefficient (Wildman–Crippen LogP) is 0.621. The molecule has 12 heteroatoms. The van der Waals surface area contributed by atoms with Crippen molar-refractivity contribution in [3.05, 3.63) is 17.8 Å². The van der Waals surface area contributed by atoms with Crippen molar-refractivity contribution in [1.29, 1.82) is 0 Å². The number of aromatic nitrogens is 1. The van der Waals surface area contributed by atoms with Crippen LogP contribution in [0.25, 0.3) is 0 Å². The van der Waals surface area contributed by atoms with Gasteiger partial charge in [0.05, 0.1) is 25.1 Å². The lowest BCUT2D eigenvalue weighted by molar-refractivity contribution is 0.0357. The molecule has 0 bridgehead atoms. The molecule has 0 saturated carbocycles. The van der Waals surface area contributed by atoms with Crippen LogP contribution in [-0.4, -0.2) is 118 Å². The van der Waals surface area contributed by atoms with Crippen LogP contribution in [0, 0.1) is 0 Å². The van der Waals surface area contributed by atoms with Crippen molar-refractivity contribution in [2.45, 2.75) is 25.3 Å². The standard InChI is InChI=1S/C21H36N6O5S/c1-24(2)33(30,31)23-17-15-19(21(28)29)20(22-16-17)27-9-5-18(6-10-27)25(3)7-4-8-26-11-13-32-14-12-26/h15-16,18,23H,4-14H2,1-3H3,(H,28,29). The first-order valence-corrected chi connectivity index (χ1v) is 12.8. The molecule has 0 atom stereocenters. The van der Waals surface area contributed by atoms with Gasteiger partial charge in [0.25, 0.3) is 0 Å². The van der Waals surface area contributed by atoms with Gasteiger partial charge in [-0.15, -0.1) is 0 Å². The zero-order chi connectivity index (χ0) is 24.0. The van der Waals surface area contributed by atoms with Gasteiger partial charge in [0.2, 0.25) is 0 Å². The lowest BCUT2D eigenvalue weighted by Crippen LogP contribution is -2.45. The number of nitrogens with one attached hydrogen (secondary N) is 1. The summed E-state index contributed by atoms with van der Waals surface area (Å²) < 4.78 is 32.9. The number of pyridine rings is 1. The number of ether oxygens (including phenoxy) is 1. The summed E-state index contributed by atoms with van der Waals surface area (Å²) in [4.78, 5) is 23.0. The van der Waals surface area contributed by atoms with Crippen molar-refractivity contribution < 1.29 is 23.1 Å². The van der Waals surface area contributed by atoms with E-state index in [1.54, 1.807) is 0 Å². The molecule has 1 aromatic heterocycles. The molecular formula is C21H36N6O5S. The minimum absolute atomic E-state index is 0.00808. The molecule has 0 amide bonds. The molecule has 2 fully saturated rings. The van der Waals surface area contributed by atoms with Crippen molar-refractivity contribution in [2.24, 2.45) is 0 Å². The number of piperidine rings is 1. The van der Waals surface area contributed by atoms with E-state index in [0.717, 1.165) is 63.0 Å². The van der Waals surface area contributed by atoms with Gasteiger partial charge in [0, 0.05) is 46.3 Å². The molecular weight excluding hydrogens is 448 g/mol. The van der Waals surface area contributed by atoms with Gasteiger partial charge in [-0.3, -0.25) is 9.62 Å². The maximum Gasteiger partial charge on any atom is 0.339 e. The first-order chi connectivity index (χ1) is 15.7. The van der Waals surface area contributed by atoms with E-state index in [9.17, 15) is 18.3 Å². The quantitative estimate of drug-likeness (QED) is 0.493. The van der Waals surface area contributed by atoms with Crippen LogP contribution in [0.15, 0.2) is 12.3 Å². The van der Waals surface area contributed by atoms with E-state index in [0.29, 0.717) is 24.9 Å². The highest BCUT2D eigenvalue weighted by molar-refractivity contribution is 7.90. The highest BCUT2D eigenvalue weighted by Crippen LogP contribution is 2.26. The minimum Gasteiger partial charge on any atom is -0.478 e. The summed E-state index contributed by atoms with van der Waals surface area (Å²) in [6, 6.07) is 1.78. The van der Waals surface area contributed by atoms with Gasteiger partial charge in [-0.25, -0.2) is 9.78 Å². The Hall–Kier alpha value is -1.99. The Morgan fingerprint density at radius 2 is 1.88 bits per heavy atom. The normalized spacial score (nSPS) is 18.8. The summed E-state index contributed by atoms with van der Waals surface area (Å²) >= 11 is 0. The topological polar surface area (TPSA) is 119 Å². The van der Waals surface area contributed by atoms with Crippen molar-refractivity contribution in [3.63, 3.8) is 0 Å². The molecule has 186 valence electrons. The summed E-state index contributed by atoms with van der Waals surface area (Å²) in [7, 11) is 1.21. The second-order valence-electron chi connectivity index (χ2n) is 8.80. The lowest BCUT2D eigenvalue weighted by atomic mass is 10.0. The largest absolute Gasteiger partial charge is 0.478 e. The molecule has 3 rings (SSSR count). The van der Waals surface area contributed by atoms with Gasteiger partial charge < -0.3 is 19.6 Å². The van der Waals surface area contributed by atoms with Gasteiger partial charge in [-0.05, 0) is 45.5 Å². The third-order valence-electron chi connectivity index (χ3n) is 6.30. The third-order valence-corrected chi connectivity index (χ3v) is 7.76. The Kier molecular flexibility index (Phi) is 8.88. The molecule has 0 spiro atoms. The number of carbonyl (C=O) groups is 1. The van der Waals surface area contributed by atoms with Gasteiger partial charge in [-0.1, -0.05) is 0 Å². The molecule has 0 aromatic carbocycles. The molecule has 2 aliphatic rings. The van der Waals surface area contributed by atoms with Crippen molar-refractivity contribution >= 4 is 27.7 Å². The number of morpholine rings is 1. The molecule has 0 unspecified atom stereocenters. The summed E-state index contributed by atoms with van der Waals surface area (Å²) in [5.74, 6) is -0.755. The van der Waals surface area contributed by atoms with Crippen LogP contribution < -0.4 is 9.62 Å². The van der Waals surface area contributed by atoms with Crippen molar-refractivity contribution in [1.82, 2.24) is 19.1 Å². The smallest absolute Gasteiger partial charge is 0.339 e. The van der Waals surface area contributed by atoms with E-state index in [2.05, 4.69) is 26.6 Å². The van der Waals surface area contributed by atoms with E-state index in [1.807, 2.05) is 4.90 Å². The maximum absolute atomic E-state index is 12.0. The molecule has 2 saturated heterocycles. The molecule has 0 radical (unpaired) electrons. The monoisotopic (exact) mass is 484 g/mol. The Morgan fingerprint density at radius 1 is 1.21 bits per heavy atom. The molecule has 3 heterocycles. The fraction of sp³-hybridized carbons (Fsp3) is 0.714. The van der Waals surface area contributed by atoms with Crippen molar-refractivity contribution in [2.75, 3.05) is 83.2 Å². The number of hydrogen-bond acceptors (Lipinski definition) is 8. The molecule has 33 heavy (non-hydrogen) atoms. The molecule has 1 aromatic rings. The first kappa shape index (κ1) is 25.6. The highest BCUT2D eigenvalue weighted by atomic mass is 32.2. The van der Waals surface area contributed by atoms with Crippen LogP contribution >= 0.6 is 0 Å². The number of carboxylic acid groups (broad SMARTS) is 1. The zero-order valence-corrected chi connectivity index (χ0v) is 20.6. The summed E-state index contributed by atoms with van der Waals surface area (Å²) in [5, 5.41) is 9.70. The average Bonchev–Trinajstić information content (AvgIpc) is 2.79. The van der Waals surface area contributed by atoms with Gasteiger partial charge in [-0.2, -0.15) is 12.7 Å². The lowest BCUT2D eigenvalue weighted by Gasteiger charge is -2.38. The molecule has 2 aliphatic heterocycles. The Balaban J connectivity index is 1.55. The average molecular weight is 485 g/mol. The molecule has 0 aliphatic carbocycles. The number of nitrogens with zero attached hydrogens (tertiary/aromatic N) is 5. The van der Waals surface area contributed by atoms with Gasteiger partial charge in [0.1, 0.15) is 11.4 Å². The SMILES string of the molecule is CN(CCCN1CCOCC1)C1CCN(c2ncc(NS(=O)(=O)N(C)C)cc2C(=O)O)CC1. The Labute approximate surface area is 196 Å². The van der Waals surface area contributed by atoms with Crippen LogP contribution in [0.3, 0.4) is 0 Å². The van der Waals surface area contributed by atoms with E-state index in [1.165, 1.54) is 26.4 Å². The minimum atomic E-state index is -3.74. The van der Waals surface area contributed by atoms with Crippen LogP contribution in [0.1, 0.15) is 29.6 Å². The van der Waals surface area contributed by atoms with Crippen molar-refractivity contribution in [3.8, 4) is 0 Å². The van der Waals surface area contributed by atoms with E-state index >= 15 is 0 Å². The van der Waals surface area contributed by atoms with Crippen LogP contribution in [0.5, 0.6) is 0 Å². The number of rotatable bonds is 10. The van der Waals surface area contributed by atoms with E-state index < -0.39 is 16.2 Å². The second-order valence-corrected chi connectivity index (χ2v) is 10.7. The van der Waals surface area contributed by atoms with E-state index in [4.69, 9.17) is 4.74 Å². The zero-order valence-electron chi connectivity index (χ0n) is 19.7. The highest BCUT2D eigenvalue weighted by Gasteiger charge is 2.27. The molecule has 2 N–H and O–H groups in total. The Bertz CT molecular complexity index is 898.